The van der Waals surface area contributed by atoms with Gasteiger partial charge in [0.1, 0.15) is 10.5 Å². The maximum absolute atomic E-state index is 5.22. The Morgan fingerprint density at radius 3 is 2.07 bits per heavy atom. The molecule has 0 spiro atoms. The summed E-state index contributed by atoms with van der Waals surface area (Å²) in [5, 5.41) is 4.60. The minimum atomic E-state index is 0.815. The van der Waals surface area contributed by atoms with E-state index in [0.717, 1.165) is 43.8 Å². The van der Waals surface area contributed by atoms with Crippen molar-refractivity contribution in [3.63, 3.8) is 0 Å². The molecule has 1 aliphatic heterocycles. The molecule has 0 saturated carbocycles. The van der Waals surface area contributed by atoms with E-state index in [1.165, 1.54) is 31.6 Å². The van der Waals surface area contributed by atoms with Crippen LogP contribution in [0.2, 0.25) is 0 Å². The van der Waals surface area contributed by atoms with Gasteiger partial charge in [0.25, 0.3) is 0 Å². The average molecular weight is 576 g/mol. The molecule has 8 aromatic rings. The molecule has 42 heavy (non-hydrogen) atoms. The van der Waals surface area contributed by atoms with E-state index in [1.807, 2.05) is 42.4 Å². The fourth-order valence-electron chi connectivity index (χ4n) is 5.89. The first-order chi connectivity index (χ1) is 20.8. The van der Waals surface area contributed by atoms with Crippen LogP contribution in [0, 0.1) is 0 Å². The van der Waals surface area contributed by atoms with Gasteiger partial charge in [0.15, 0.2) is 11.5 Å². The predicted octanol–water partition coefficient (Wildman–Crippen LogP) is 9.78. The Hall–Kier alpha value is -4.98. The molecule has 0 bridgehead atoms. The molecule has 0 N–H and O–H groups in total. The zero-order valence-electron chi connectivity index (χ0n) is 22.2. The molecule has 5 nitrogen and oxygen atoms in total. The van der Waals surface area contributed by atoms with Crippen molar-refractivity contribution in [1.82, 2.24) is 19.5 Å². The smallest absolute Gasteiger partial charge is 0.165 e. The van der Waals surface area contributed by atoms with Crippen molar-refractivity contribution >= 4 is 72.3 Å². The molecule has 4 aromatic carbocycles. The highest BCUT2D eigenvalue weighted by molar-refractivity contribution is 7.99. The Morgan fingerprint density at radius 2 is 1.24 bits per heavy atom. The molecule has 198 valence electrons. The van der Waals surface area contributed by atoms with Crippen LogP contribution in [-0.2, 0) is 0 Å². The number of pyridine rings is 2. The molecule has 9 rings (SSSR count). The van der Waals surface area contributed by atoms with Crippen LogP contribution in [0.4, 0.5) is 16.4 Å². The summed E-state index contributed by atoms with van der Waals surface area (Å²) in [6, 6.07) is 40.3. The number of rotatable bonds is 3. The van der Waals surface area contributed by atoms with Gasteiger partial charge in [-0.25, -0.2) is 9.97 Å². The highest BCUT2D eigenvalue weighted by Gasteiger charge is 2.29. The van der Waals surface area contributed by atoms with Crippen LogP contribution in [0.15, 0.2) is 137 Å². The number of para-hydroxylation sites is 3. The van der Waals surface area contributed by atoms with Crippen molar-refractivity contribution in [2.45, 2.75) is 9.79 Å². The molecule has 1 aliphatic rings. The van der Waals surface area contributed by atoms with E-state index in [1.54, 1.807) is 11.3 Å². The van der Waals surface area contributed by atoms with Gasteiger partial charge in [0.05, 0.1) is 27.5 Å². The molecule has 5 heterocycles. The Kier molecular flexibility index (Phi) is 5.23. The lowest BCUT2D eigenvalue weighted by Crippen LogP contribution is -2.13. The second-order valence-corrected chi connectivity index (χ2v) is 12.2. The quantitative estimate of drug-likeness (QED) is 0.210. The fourth-order valence-corrected chi connectivity index (χ4v) is 8.23. The zero-order chi connectivity index (χ0) is 27.6. The van der Waals surface area contributed by atoms with Crippen molar-refractivity contribution in [3.8, 4) is 16.4 Å². The standard InChI is InChI=1S/C35H21N5S2/c1-2-13-24-23(12-1)32(42-35(24)39-26-15-3-5-18-29(26)41-30-19-6-4-16-27(30)39)34-38-25-14-9-21-37-33(25)40(34)28-17-7-10-22-11-8-20-36-31(22)28/h1-21H. The third kappa shape index (κ3) is 3.47. The molecule has 0 amide bonds. The van der Waals surface area contributed by atoms with Gasteiger partial charge in [-0.2, -0.15) is 0 Å². The molecule has 0 radical (unpaired) electrons. The van der Waals surface area contributed by atoms with E-state index in [2.05, 4.69) is 107 Å². The van der Waals surface area contributed by atoms with Gasteiger partial charge in [-0.15, -0.1) is 11.3 Å². The number of hydrogen-bond acceptors (Lipinski definition) is 6. The van der Waals surface area contributed by atoms with Crippen LogP contribution in [-0.4, -0.2) is 19.5 Å². The second-order valence-electron chi connectivity index (χ2n) is 10.1. The van der Waals surface area contributed by atoms with Gasteiger partial charge in [-0.1, -0.05) is 78.5 Å². The molecule has 0 unspecified atom stereocenters. The van der Waals surface area contributed by atoms with Crippen molar-refractivity contribution < 1.29 is 0 Å². The molecule has 0 aliphatic carbocycles. The third-order valence-corrected chi connectivity index (χ3v) is 10.0. The summed E-state index contributed by atoms with van der Waals surface area (Å²) in [5.74, 6) is 0.863. The summed E-state index contributed by atoms with van der Waals surface area (Å²) in [5.41, 5.74) is 5.93. The van der Waals surface area contributed by atoms with Gasteiger partial charge in [-0.3, -0.25) is 14.5 Å². The molecule has 0 fully saturated rings. The molecule has 0 saturated heterocycles. The number of nitrogens with zero attached hydrogens (tertiary/aromatic N) is 5. The van der Waals surface area contributed by atoms with Crippen LogP contribution in [0.5, 0.6) is 0 Å². The van der Waals surface area contributed by atoms with E-state index in [0.29, 0.717) is 0 Å². The third-order valence-electron chi connectivity index (χ3n) is 7.71. The lowest BCUT2D eigenvalue weighted by atomic mass is 10.1. The average Bonchev–Trinajstić information content (AvgIpc) is 3.62. The van der Waals surface area contributed by atoms with Gasteiger partial charge in [0, 0.05) is 38.3 Å². The Labute approximate surface area is 249 Å². The normalized spacial score (nSPS) is 12.6. The molecule has 0 atom stereocenters. The van der Waals surface area contributed by atoms with E-state index in [4.69, 9.17) is 15.0 Å². The van der Waals surface area contributed by atoms with E-state index >= 15 is 0 Å². The van der Waals surface area contributed by atoms with Crippen LogP contribution in [0.25, 0.3) is 49.2 Å². The lowest BCUT2D eigenvalue weighted by molar-refractivity contribution is 1.09. The zero-order valence-corrected chi connectivity index (χ0v) is 23.8. The van der Waals surface area contributed by atoms with Crippen LogP contribution in [0.1, 0.15) is 0 Å². The first-order valence-electron chi connectivity index (χ1n) is 13.7. The molecular formula is C35H21N5S2. The molecular weight excluding hydrogens is 555 g/mol. The second kappa shape index (κ2) is 9.27. The Bertz CT molecular complexity index is 2270. The molecule has 4 aromatic heterocycles. The monoisotopic (exact) mass is 575 g/mol. The minimum Gasteiger partial charge on any atom is -0.299 e. The summed E-state index contributed by atoms with van der Waals surface area (Å²) in [6.45, 7) is 0. The van der Waals surface area contributed by atoms with Gasteiger partial charge in [-0.05, 0) is 48.5 Å². The Balaban J connectivity index is 1.36. The maximum Gasteiger partial charge on any atom is 0.165 e. The van der Waals surface area contributed by atoms with Crippen LogP contribution in [0.3, 0.4) is 0 Å². The van der Waals surface area contributed by atoms with Crippen molar-refractivity contribution in [3.05, 3.63) is 128 Å². The number of fused-ring (bicyclic) bond motifs is 5. The number of anilines is 3. The minimum absolute atomic E-state index is 0.815. The van der Waals surface area contributed by atoms with Gasteiger partial charge >= 0.3 is 0 Å². The van der Waals surface area contributed by atoms with Crippen LogP contribution >= 0.6 is 23.1 Å². The summed E-state index contributed by atoms with van der Waals surface area (Å²) in [7, 11) is 0. The Morgan fingerprint density at radius 1 is 0.571 bits per heavy atom. The van der Waals surface area contributed by atoms with Gasteiger partial charge < -0.3 is 0 Å². The van der Waals surface area contributed by atoms with Gasteiger partial charge in [0.2, 0.25) is 0 Å². The maximum atomic E-state index is 5.22. The number of thiophene rings is 1. The highest BCUT2D eigenvalue weighted by atomic mass is 32.2. The van der Waals surface area contributed by atoms with E-state index < -0.39 is 0 Å². The SMILES string of the molecule is c1ccc2c(c1)Sc1ccccc1N2c1sc(-c2nc3cccnc3n2-c2cccc3cccnc23)c2ccccc12. The largest absolute Gasteiger partial charge is 0.299 e. The number of hydrogen-bond donors (Lipinski definition) is 0. The van der Waals surface area contributed by atoms with Crippen molar-refractivity contribution in [1.29, 1.82) is 0 Å². The number of imidazole rings is 1. The fraction of sp³-hybridized carbons (Fsp3) is 0. The van der Waals surface area contributed by atoms with E-state index in [-0.39, 0.29) is 0 Å². The van der Waals surface area contributed by atoms with Crippen molar-refractivity contribution in [2.75, 3.05) is 4.90 Å². The van der Waals surface area contributed by atoms with E-state index in [9.17, 15) is 0 Å². The highest BCUT2D eigenvalue weighted by Crippen LogP contribution is 2.56. The predicted molar refractivity (Wildman–Crippen MR) is 174 cm³/mol. The topological polar surface area (TPSA) is 46.8 Å². The first kappa shape index (κ1) is 23.7. The lowest BCUT2D eigenvalue weighted by Gasteiger charge is -2.32. The first-order valence-corrected chi connectivity index (χ1v) is 15.3. The van der Waals surface area contributed by atoms with Crippen LogP contribution < -0.4 is 4.90 Å². The summed E-state index contributed by atoms with van der Waals surface area (Å²) >= 11 is 3.60. The summed E-state index contributed by atoms with van der Waals surface area (Å²) in [6.07, 6.45) is 3.68. The summed E-state index contributed by atoms with van der Waals surface area (Å²) in [4.78, 5) is 20.8. The number of benzene rings is 4. The number of aromatic nitrogens is 4. The summed E-state index contributed by atoms with van der Waals surface area (Å²) < 4.78 is 2.18. The van der Waals surface area contributed by atoms with Crippen molar-refractivity contribution in [2.24, 2.45) is 0 Å². The molecule has 7 heteroatoms.